The minimum absolute atomic E-state index is 0.0490. The molecule has 1 amide bonds. The third-order valence-corrected chi connectivity index (χ3v) is 3.80. The first-order chi connectivity index (χ1) is 12.1. The van der Waals surface area contributed by atoms with Gasteiger partial charge >= 0.3 is 0 Å². The molecule has 0 atom stereocenters. The third-order valence-electron chi connectivity index (χ3n) is 3.57. The van der Waals surface area contributed by atoms with Crippen LogP contribution in [0.2, 0.25) is 5.02 Å². The first kappa shape index (κ1) is 16.8. The molecule has 0 fully saturated rings. The number of carbonyl (C=O) groups excluding carboxylic acids is 1. The van der Waals surface area contributed by atoms with Crippen LogP contribution in [0.4, 0.5) is 11.5 Å². The van der Waals surface area contributed by atoms with E-state index in [-0.39, 0.29) is 11.5 Å². The average molecular weight is 358 g/mol. The quantitative estimate of drug-likeness (QED) is 0.732. The summed E-state index contributed by atoms with van der Waals surface area (Å²) in [7, 11) is 1.53. The molecular weight excluding hydrogens is 342 g/mol. The molecule has 2 aromatic carbocycles. The number of ether oxygens (including phenoxy) is 1. The third kappa shape index (κ3) is 3.72. The van der Waals surface area contributed by atoms with Gasteiger partial charge < -0.3 is 15.8 Å². The van der Waals surface area contributed by atoms with Crippen molar-refractivity contribution >= 4 is 29.0 Å². The van der Waals surface area contributed by atoms with E-state index < -0.39 is 5.91 Å². The number of nitrogens with two attached hydrogens (primary N) is 1. The number of anilines is 2. The molecule has 3 aromatic rings. The highest BCUT2D eigenvalue weighted by atomic mass is 35.5. The molecule has 1 heterocycles. The standard InChI is InChI=1S/C17H16ClN5O2/c1-25-14-8-3-2-7-13(14)20-17(24)15-16(19)23(22-21-15)10-11-5-4-6-12(18)9-11/h2-9H,10,19H2,1H3,(H,20,24). The highest BCUT2D eigenvalue weighted by Gasteiger charge is 2.19. The first-order valence-electron chi connectivity index (χ1n) is 7.46. The van der Waals surface area contributed by atoms with E-state index in [9.17, 15) is 4.79 Å². The lowest BCUT2D eigenvalue weighted by atomic mass is 10.2. The summed E-state index contributed by atoms with van der Waals surface area (Å²) in [6.45, 7) is 0.362. The molecule has 0 aliphatic rings. The molecule has 128 valence electrons. The topological polar surface area (TPSA) is 95.1 Å². The molecule has 0 unspecified atom stereocenters. The van der Waals surface area contributed by atoms with E-state index in [1.165, 1.54) is 11.8 Å². The maximum atomic E-state index is 12.4. The van der Waals surface area contributed by atoms with Crippen molar-refractivity contribution in [2.24, 2.45) is 0 Å². The van der Waals surface area contributed by atoms with Crippen LogP contribution in [0.15, 0.2) is 48.5 Å². The van der Waals surface area contributed by atoms with Crippen LogP contribution in [0.1, 0.15) is 16.1 Å². The zero-order valence-electron chi connectivity index (χ0n) is 13.4. The SMILES string of the molecule is COc1ccccc1NC(=O)c1nnn(Cc2cccc(Cl)c2)c1N. The van der Waals surface area contributed by atoms with Crippen molar-refractivity contribution in [2.75, 3.05) is 18.2 Å². The first-order valence-corrected chi connectivity index (χ1v) is 7.84. The number of nitrogen functional groups attached to an aromatic ring is 1. The summed E-state index contributed by atoms with van der Waals surface area (Å²) in [4.78, 5) is 12.4. The van der Waals surface area contributed by atoms with Crippen LogP contribution in [-0.4, -0.2) is 28.0 Å². The van der Waals surface area contributed by atoms with Crippen molar-refractivity contribution in [2.45, 2.75) is 6.54 Å². The summed E-state index contributed by atoms with van der Waals surface area (Å²) < 4.78 is 6.66. The van der Waals surface area contributed by atoms with Gasteiger partial charge in [-0.25, -0.2) is 4.68 Å². The second kappa shape index (κ2) is 7.23. The van der Waals surface area contributed by atoms with Crippen LogP contribution in [0.25, 0.3) is 0 Å². The van der Waals surface area contributed by atoms with Gasteiger partial charge in [-0.05, 0) is 29.8 Å². The van der Waals surface area contributed by atoms with Crippen LogP contribution in [0.5, 0.6) is 5.75 Å². The zero-order valence-corrected chi connectivity index (χ0v) is 14.2. The zero-order chi connectivity index (χ0) is 17.8. The fraction of sp³-hybridized carbons (Fsp3) is 0.118. The Labute approximate surface area is 149 Å². The van der Waals surface area contributed by atoms with Gasteiger partial charge in [0.05, 0.1) is 19.3 Å². The molecule has 0 spiro atoms. The fourth-order valence-corrected chi connectivity index (χ4v) is 2.55. The molecule has 0 saturated heterocycles. The minimum Gasteiger partial charge on any atom is -0.495 e. The number of benzene rings is 2. The summed E-state index contributed by atoms with van der Waals surface area (Å²) in [5.41, 5.74) is 7.51. The predicted octanol–water partition coefficient (Wildman–Crippen LogP) is 2.82. The van der Waals surface area contributed by atoms with E-state index >= 15 is 0 Å². The van der Waals surface area contributed by atoms with E-state index in [1.54, 1.807) is 30.3 Å². The van der Waals surface area contributed by atoms with Crippen molar-refractivity contribution < 1.29 is 9.53 Å². The number of rotatable bonds is 5. The summed E-state index contributed by atoms with van der Waals surface area (Å²) in [5.74, 6) is 0.257. The minimum atomic E-state index is -0.459. The van der Waals surface area contributed by atoms with Gasteiger partial charge in [-0.2, -0.15) is 0 Å². The number of methoxy groups -OCH3 is 1. The Morgan fingerprint density at radius 1 is 1.28 bits per heavy atom. The Kier molecular flexibility index (Phi) is 4.85. The second-order valence-electron chi connectivity index (χ2n) is 5.27. The molecule has 8 heteroatoms. The lowest BCUT2D eigenvalue weighted by Gasteiger charge is -2.09. The number of amides is 1. The largest absolute Gasteiger partial charge is 0.495 e. The number of halogens is 1. The molecule has 3 rings (SSSR count). The maximum absolute atomic E-state index is 12.4. The lowest BCUT2D eigenvalue weighted by Crippen LogP contribution is -2.16. The van der Waals surface area contributed by atoms with E-state index in [0.717, 1.165) is 5.56 Å². The lowest BCUT2D eigenvalue weighted by molar-refractivity contribution is 0.102. The Balaban J connectivity index is 1.79. The van der Waals surface area contributed by atoms with Gasteiger partial charge in [-0.1, -0.05) is 41.1 Å². The highest BCUT2D eigenvalue weighted by Crippen LogP contribution is 2.24. The molecular formula is C17H16ClN5O2. The molecule has 7 nitrogen and oxygen atoms in total. The number of aromatic nitrogens is 3. The number of nitrogens with zero attached hydrogens (tertiary/aromatic N) is 3. The van der Waals surface area contributed by atoms with Gasteiger partial charge in [-0.15, -0.1) is 5.10 Å². The number of nitrogens with one attached hydrogen (secondary N) is 1. The van der Waals surface area contributed by atoms with Crippen molar-refractivity contribution in [1.82, 2.24) is 15.0 Å². The van der Waals surface area contributed by atoms with Gasteiger partial charge in [0.1, 0.15) is 5.75 Å². The summed E-state index contributed by atoms with van der Waals surface area (Å²) in [6, 6.07) is 14.4. The molecule has 1 aromatic heterocycles. The smallest absolute Gasteiger partial charge is 0.280 e. The molecule has 0 radical (unpaired) electrons. The van der Waals surface area contributed by atoms with E-state index in [4.69, 9.17) is 22.1 Å². The van der Waals surface area contributed by atoms with Gasteiger partial charge in [0.2, 0.25) is 0 Å². The number of hydrogen-bond donors (Lipinski definition) is 2. The summed E-state index contributed by atoms with van der Waals surface area (Å²) >= 11 is 5.97. The van der Waals surface area contributed by atoms with Gasteiger partial charge in [-0.3, -0.25) is 4.79 Å². The molecule has 0 aliphatic carbocycles. The number of carbonyl (C=O) groups is 1. The normalized spacial score (nSPS) is 10.5. The average Bonchev–Trinajstić information content (AvgIpc) is 2.96. The van der Waals surface area contributed by atoms with Crippen LogP contribution in [0.3, 0.4) is 0 Å². The van der Waals surface area contributed by atoms with Crippen LogP contribution < -0.4 is 15.8 Å². The molecule has 0 bridgehead atoms. The molecule has 0 aliphatic heterocycles. The Bertz CT molecular complexity index is 910. The van der Waals surface area contributed by atoms with Gasteiger partial charge in [0, 0.05) is 5.02 Å². The van der Waals surface area contributed by atoms with E-state index in [0.29, 0.717) is 23.0 Å². The van der Waals surface area contributed by atoms with Crippen molar-refractivity contribution in [1.29, 1.82) is 0 Å². The van der Waals surface area contributed by atoms with Crippen LogP contribution in [-0.2, 0) is 6.54 Å². The summed E-state index contributed by atoms with van der Waals surface area (Å²) in [5, 5.41) is 11.2. The van der Waals surface area contributed by atoms with Crippen molar-refractivity contribution in [3.8, 4) is 5.75 Å². The van der Waals surface area contributed by atoms with Crippen LogP contribution >= 0.6 is 11.6 Å². The van der Waals surface area contributed by atoms with Gasteiger partial charge in [0.25, 0.3) is 5.91 Å². The van der Waals surface area contributed by atoms with Gasteiger partial charge in [0.15, 0.2) is 11.5 Å². The fourth-order valence-electron chi connectivity index (χ4n) is 2.34. The predicted molar refractivity (Wildman–Crippen MR) is 95.9 cm³/mol. The Morgan fingerprint density at radius 3 is 2.84 bits per heavy atom. The van der Waals surface area contributed by atoms with E-state index in [2.05, 4.69) is 15.6 Å². The summed E-state index contributed by atoms with van der Waals surface area (Å²) in [6.07, 6.45) is 0. The second-order valence-corrected chi connectivity index (χ2v) is 5.70. The molecule has 25 heavy (non-hydrogen) atoms. The molecule has 3 N–H and O–H groups in total. The van der Waals surface area contributed by atoms with E-state index in [1.807, 2.05) is 18.2 Å². The molecule has 0 saturated carbocycles. The highest BCUT2D eigenvalue weighted by molar-refractivity contribution is 6.30. The maximum Gasteiger partial charge on any atom is 0.280 e. The monoisotopic (exact) mass is 357 g/mol. The van der Waals surface area contributed by atoms with Crippen LogP contribution in [0, 0.1) is 0 Å². The Morgan fingerprint density at radius 2 is 2.08 bits per heavy atom. The van der Waals surface area contributed by atoms with Crippen molar-refractivity contribution in [3.05, 3.63) is 64.8 Å². The van der Waals surface area contributed by atoms with Crippen molar-refractivity contribution in [3.63, 3.8) is 0 Å². The Hall–Kier alpha value is -3.06. The number of hydrogen-bond acceptors (Lipinski definition) is 5. The number of para-hydroxylation sites is 2.